The van der Waals surface area contributed by atoms with Crippen molar-refractivity contribution in [3.63, 3.8) is 0 Å². The van der Waals surface area contributed by atoms with Crippen LogP contribution < -0.4 is 0 Å². The van der Waals surface area contributed by atoms with E-state index in [1.807, 2.05) is 0 Å². The zero-order chi connectivity index (χ0) is 28.8. The zero-order valence-corrected chi connectivity index (χ0v) is 27.8. The van der Waals surface area contributed by atoms with Crippen molar-refractivity contribution >= 4 is 5.84 Å². The number of hydrogen-bond donors (Lipinski definition) is 1. The van der Waals surface area contributed by atoms with Gasteiger partial charge in [-0.2, -0.15) is 0 Å². The number of aliphatic imine (C=N–C) groups is 1. The van der Waals surface area contributed by atoms with Crippen LogP contribution in [0.1, 0.15) is 206 Å². The monoisotopic (exact) mass is 563 g/mol. The van der Waals surface area contributed by atoms with Crippen LogP contribution in [0.3, 0.4) is 0 Å². The molecule has 0 aliphatic carbocycles. The summed E-state index contributed by atoms with van der Waals surface area (Å²) in [4.78, 5) is 7.15. The van der Waals surface area contributed by atoms with Gasteiger partial charge in [0.2, 0.25) is 0 Å². The Morgan fingerprint density at radius 3 is 1.27 bits per heavy atom. The number of rotatable bonds is 32. The van der Waals surface area contributed by atoms with Gasteiger partial charge in [0.15, 0.2) is 0 Å². The number of aliphatic hydroxyl groups is 1. The minimum atomic E-state index is -0.183. The van der Waals surface area contributed by atoms with Gasteiger partial charge in [-0.05, 0) is 12.8 Å². The first-order chi connectivity index (χ1) is 19.8. The van der Waals surface area contributed by atoms with Crippen molar-refractivity contribution in [3.05, 3.63) is 0 Å². The highest BCUT2D eigenvalue weighted by atomic mass is 16.3. The normalized spacial score (nSPS) is 14.3. The highest BCUT2D eigenvalue weighted by Gasteiger charge is 2.19. The molecule has 1 aliphatic heterocycles. The van der Waals surface area contributed by atoms with E-state index in [1.165, 1.54) is 186 Å². The van der Waals surface area contributed by atoms with Gasteiger partial charge in [-0.15, -0.1) is 0 Å². The van der Waals surface area contributed by atoms with E-state index in [9.17, 15) is 5.11 Å². The van der Waals surface area contributed by atoms with E-state index in [1.54, 1.807) is 0 Å². The topological polar surface area (TPSA) is 35.8 Å². The number of hydrogen-bond acceptors (Lipinski definition) is 3. The lowest BCUT2D eigenvalue weighted by atomic mass is 10.0. The van der Waals surface area contributed by atoms with Crippen LogP contribution in [0.4, 0.5) is 0 Å². The fourth-order valence-electron chi connectivity index (χ4n) is 6.36. The maximum atomic E-state index is 10.6. The molecule has 0 saturated carbocycles. The molecule has 0 amide bonds. The van der Waals surface area contributed by atoms with Crippen LogP contribution in [-0.4, -0.2) is 41.6 Å². The third kappa shape index (κ3) is 24.1. The Morgan fingerprint density at radius 2 is 0.875 bits per heavy atom. The molecular formula is C37H74N2O. The van der Waals surface area contributed by atoms with E-state index >= 15 is 0 Å². The SMILES string of the molecule is CCCCCCCCCCCCCCCCCCC(O)CN1CCN=C1CCCCCCCCCCCCCC. The zero-order valence-electron chi connectivity index (χ0n) is 27.8. The van der Waals surface area contributed by atoms with Gasteiger partial charge in [-0.25, -0.2) is 0 Å². The van der Waals surface area contributed by atoms with E-state index < -0.39 is 0 Å². The molecule has 0 bridgehead atoms. The van der Waals surface area contributed by atoms with Crippen molar-refractivity contribution in [2.45, 2.75) is 213 Å². The molecule has 0 aromatic rings. The average Bonchev–Trinajstić information content (AvgIpc) is 3.39. The molecule has 0 spiro atoms. The van der Waals surface area contributed by atoms with Gasteiger partial charge in [-0.1, -0.05) is 187 Å². The number of aliphatic hydroxyl groups excluding tert-OH is 1. The maximum Gasteiger partial charge on any atom is 0.0991 e. The number of β-amino-alcohol motifs (C(OH)–C–C–N with tert-alkyl or cyclic N) is 1. The maximum absolute atomic E-state index is 10.6. The van der Waals surface area contributed by atoms with Gasteiger partial charge in [0.05, 0.1) is 18.5 Å². The highest BCUT2D eigenvalue weighted by molar-refractivity contribution is 5.83. The van der Waals surface area contributed by atoms with Crippen LogP contribution in [0.25, 0.3) is 0 Å². The van der Waals surface area contributed by atoms with Gasteiger partial charge in [0, 0.05) is 19.5 Å². The fraction of sp³-hybridized carbons (Fsp3) is 0.973. The molecule has 0 aromatic heterocycles. The van der Waals surface area contributed by atoms with Gasteiger partial charge in [0.1, 0.15) is 0 Å². The molecule has 1 atom stereocenters. The van der Waals surface area contributed by atoms with Crippen LogP contribution >= 0.6 is 0 Å². The lowest BCUT2D eigenvalue weighted by Crippen LogP contribution is -2.35. The number of nitrogens with zero attached hydrogens (tertiary/aromatic N) is 2. The summed E-state index contributed by atoms with van der Waals surface area (Å²) in [5, 5.41) is 10.6. The summed E-state index contributed by atoms with van der Waals surface area (Å²) in [6.07, 6.45) is 41.1. The summed E-state index contributed by atoms with van der Waals surface area (Å²) in [5.74, 6) is 1.28. The molecule has 238 valence electrons. The second-order valence-electron chi connectivity index (χ2n) is 13.1. The summed E-state index contributed by atoms with van der Waals surface area (Å²) in [6.45, 7) is 7.34. The van der Waals surface area contributed by atoms with Gasteiger partial charge in [0.25, 0.3) is 0 Å². The summed E-state index contributed by atoms with van der Waals surface area (Å²) in [7, 11) is 0. The molecule has 1 unspecified atom stereocenters. The lowest BCUT2D eigenvalue weighted by Gasteiger charge is -2.23. The Balaban J connectivity index is 1.86. The van der Waals surface area contributed by atoms with E-state index in [-0.39, 0.29) is 6.10 Å². The number of amidine groups is 1. The molecular weight excluding hydrogens is 488 g/mol. The third-order valence-electron chi connectivity index (χ3n) is 9.11. The summed E-state index contributed by atoms with van der Waals surface area (Å²) >= 11 is 0. The van der Waals surface area contributed by atoms with Gasteiger partial charge < -0.3 is 10.0 Å². The van der Waals surface area contributed by atoms with Crippen LogP contribution in [0, 0.1) is 0 Å². The van der Waals surface area contributed by atoms with E-state index in [4.69, 9.17) is 4.99 Å². The van der Waals surface area contributed by atoms with E-state index in [0.717, 1.165) is 32.5 Å². The highest BCUT2D eigenvalue weighted by Crippen LogP contribution is 2.17. The Kier molecular flexibility index (Phi) is 28.0. The standard InChI is InChI=1S/C37H74N2O/c1-3-5-7-9-11-13-15-17-18-19-20-21-23-25-27-29-31-36(40)35-39-34-33-38-37(39)32-30-28-26-24-22-16-14-12-10-8-6-4-2/h36,40H,3-35H2,1-2H3. The molecule has 3 nitrogen and oxygen atoms in total. The van der Waals surface area contributed by atoms with Gasteiger partial charge in [-0.3, -0.25) is 4.99 Å². The molecule has 1 heterocycles. The van der Waals surface area contributed by atoms with Crippen molar-refractivity contribution in [1.82, 2.24) is 4.90 Å². The van der Waals surface area contributed by atoms with Crippen LogP contribution in [0.2, 0.25) is 0 Å². The van der Waals surface area contributed by atoms with Crippen LogP contribution in [0.15, 0.2) is 4.99 Å². The molecule has 0 fully saturated rings. The van der Waals surface area contributed by atoms with Crippen LogP contribution in [0.5, 0.6) is 0 Å². The van der Waals surface area contributed by atoms with Crippen molar-refractivity contribution < 1.29 is 5.11 Å². The first kappa shape index (κ1) is 37.5. The van der Waals surface area contributed by atoms with Crippen molar-refractivity contribution in [2.24, 2.45) is 4.99 Å². The van der Waals surface area contributed by atoms with Crippen LogP contribution in [-0.2, 0) is 0 Å². The molecule has 3 heteroatoms. The Bertz CT molecular complexity index is 534. The second kappa shape index (κ2) is 29.9. The minimum absolute atomic E-state index is 0.183. The van der Waals surface area contributed by atoms with E-state index in [0.29, 0.717) is 0 Å². The predicted molar refractivity (Wildman–Crippen MR) is 180 cm³/mol. The fourth-order valence-corrected chi connectivity index (χ4v) is 6.36. The largest absolute Gasteiger partial charge is 0.391 e. The van der Waals surface area contributed by atoms with Crippen molar-refractivity contribution in [2.75, 3.05) is 19.6 Å². The van der Waals surface area contributed by atoms with Crippen molar-refractivity contribution in [1.29, 1.82) is 0 Å². The molecule has 0 aromatic carbocycles. The Hall–Kier alpha value is -0.570. The van der Waals surface area contributed by atoms with Gasteiger partial charge >= 0.3 is 0 Å². The third-order valence-corrected chi connectivity index (χ3v) is 9.11. The summed E-state index contributed by atoms with van der Waals surface area (Å²) < 4.78 is 0. The lowest BCUT2D eigenvalue weighted by molar-refractivity contribution is 0.133. The Morgan fingerprint density at radius 1 is 0.525 bits per heavy atom. The second-order valence-corrected chi connectivity index (χ2v) is 13.1. The van der Waals surface area contributed by atoms with Crippen molar-refractivity contribution in [3.8, 4) is 0 Å². The van der Waals surface area contributed by atoms with E-state index in [2.05, 4.69) is 18.7 Å². The molecule has 0 saturated heterocycles. The molecule has 1 N–H and O–H groups in total. The predicted octanol–water partition coefficient (Wildman–Crippen LogP) is 11.8. The first-order valence-electron chi connectivity index (χ1n) is 18.7. The quantitative estimate of drug-likeness (QED) is 0.0827. The minimum Gasteiger partial charge on any atom is -0.391 e. The molecule has 40 heavy (non-hydrogen) atoms. The summed E-state index contributed by atoms with van der Waals surface area (Å²) in [6, 6.07) is 0. The molecule has 1 aliphatic rings. The summed E-state index contributed by atoms with van der Waals surface area (Å²) in [5.41, 5.74) is 0. The Labute approximate surface area is 252 Å². The number of unbranched alkanes of at least 4 members (excludes halogenated alkanes) is 26. The molecule has 1 rings (SSSR count). The smallest absolute Gasteiger partial charge is 0.0991 e. The first-order valence-corrected chi connectivity index (χ1v) is 18.7. The molecule has 0 radical (unpaired) electrons. The average molecular weight is 563 g/mol.